The van der Waals surface area contributed by atoms with Crippen LogP contribution in [0.2, 0.25) is 0 Å². The Hall–Kier alpha value is -0.500. The van der Waals surface area contributed by atoms with Gasteiger partial charge < -0.3 is 14.8 Å². The zero-order valence-corrected chi connectivity index (χ0v) is 17.6. The molecule has 1 saturated heterocycles. The maximum atomic E-state index is 12.2. The largest absolute Gasteiger partial charge is 0.458 e. The molecule has 1 atom stereocenters. The summed E-state index contributed by atoms with van der Waals surface area (Å²) in [5.41, 5.74) is -0.939. The summed E-state index contributed by atoms with van der Waals surface area (Å²) >= 11 is 5.03. The van der Waals surface area contributed by atoms with E-state index in [2.05, 4.69) is 26.2 Å². The molecule has 3 rings (SSSR count). The second-order valence-corrected chi connectivity index (χ2v) is 9.89. The number of hydrogen-bond acceptors (Lipinski definition) is 6. The number of hydrogen-bond donors (Lipinski definition) is 1. The van der Waals surface area contributed by atoms with Crippen molar-refractivity contribution in [2.45, 2.75) is 76.0 Å². The average molecular weight is 431 g/mol. The van der Waals surface area contributed by atoms with E-state index in [9.17, 15) is 4.79 Å². The SMILES string of the molecule is CC(C)(C)OC(=O)COC1(c2nc(Br)cs2)CNC2(CCCCC2)C1. The van der Waals surface area contributed by atoms with E-state index in [0.29, 0.717) is 6.54 Å². The van der Waals surface area contributed by atoms with E-state index in [4.69, 9.17) is 9.47 Å². The highest BCUT2D eigenvalue weighted by Crippen LogP contribution is 2.46. The van der Waals surface area contributed by atoms with Crippen molar-refractivity contribution in [2.75, 3.05) is 13.2 Å². The molecule has 2 aliphatic rings. The lowest BCUT2D eigenvalue weighted by atomic mass is 9.78. The summed E-state index contributed by atoms with van der Waals surface area (Å²) in [6.45, 7) is 6.24. The quantitative estimate of drug-likeness (QED) is 0.726. The number of esters is 1. The lowest BCUT2D eigenvalue weighted by molar-refractivity contribution is -0.167. The first kappa shape index (κ1) is 19.3. The molecule has 2 heterocycles. The number of rotatable bonds is 4. The molecule has 1 aromatic heterocycles. The van der Waals surface area contributed by atoms with Gasteiger partial charge in [0.2, 0.25) is 0 Å². The summed E-state index contributed by atoms with van der Waals surface area (Å²) in [7, 11) is 0. The topological polar surface area (TPSA) is 60.5 Å². The fraction of sp³-hybridized carbons (Fsp3) is 0.778. The van der Waals surface area contributed by atoms with Gasteiger partial charge in [0.05, 0.1) is 0 Å². The molecule has 7 heteroatoms. The second-order valence-electron chi connectivity index (χ2n) is 8.22. The molecule has 140 valence electrons. The summed E-state index contributed by atoms with van der Waals surface area (Å²) < 4.78 is 12.4. The second kappa shape index (κ2) is 7.25. The standard InChI is InChI=1S/C18H27BrN2O3S/c1-16(2,3)24-14(22)9-23-18(15-21-13(19)10-25-15)11-17(20-12-18)7-5-4-6-8-17/h10,20H,4-9,11-12H2,1-3H3. The van der Waals surface area contributed by atoms with Gasteiger partial charge in [0.15, 0.2) is 0 Å². The molecule has 1 aliphatic carbocycles. The lowest BCUT2D eigenvalue weighted by Crippen LogP contribution is -2.41. The molecule has 0 amide bonds. The van der Waals surface area contributed by atoms with E-state index in [1.807, 2.05) is 26.2 Å². The predicted octanol–water partition coefficient (Wildman–Crippen LogP) is 4.16. The van der Waals surface area contributed by atoms with Crippen LogP contribution in [0, 0.1) is 0 Å². The van der Waals surface area contributed by atoms with Gasteiger partial charge in [0.1, 0.15) is 27.4 Å². The zero-order valence-electron chi connectivity index (χ0n) is 15.2. The number of halogens is 1. The van der Waals surface area contributed by atoms with Gasteiger partial charge in [-0.3, -0.25) is 0 Å². The van der Waals surface area contributed by atoms with Gasteiger partial charge in [-0.25, -0.2) is 9.78 Å². The van der Waals surface area contributed by atoms with Crippen LogP contribution in [0.5, 0.6) is 0 Å². The fourth-order valence-corrected chi connectivity index (χ4v) is 5.34. The van der Waals surface area contributed by atoms with Crippen molar-refractivity contribution in [1.29, 1.82) is 0 Å². The van der Waals surface area contributed by atoms with Gasteiger partial charge in [-0.05, 0) is 49.5 Å². The number of nitrogens with zero attached hydrogens (tertiary/aromatic N) is 1. The molecule has 0 aromatic carbocycles. The maximum Gasteiger partial charge on any atom is 0.332 e. The van der Waals surface area contributed by atoms with Crippen LogP contribution in [-0.2, 0) is 19.9 Å². The Balaban J connectivity index is 1.76. The highest BCUT2D eigenvalue weighted by molar-refractivity contribution is 9.10. The minimum absolute atomic E-state index is 0.0494. The van der Waals surface area contributed by atoms with E-state index in [1.165, 1.54) is 19.3 Å². The molecule has 25 heavy (non-hydrogen) atoms. The van der Waals surface area contributed by atoms with E-state index >= 15 is 0 Å². The van der Waals surface area contributed by atoms with Gasteiger partial charge in [-0.15, -0.1) is 11.3 Å². The third-order valence-corrected chi connectivity index (χ3v) is 6.67. The zero-order chi connectivity index (χ0) is 18.1. The molecule has 5 nitrogen and oxygen atoms in total. The molecule has 0 radical (unpaired) electrons. The molecule has 1 unspecified atom stereocenters. The Morgan fingerprint density at radius 1 is 1.36 bits per heavy atom. The summed E-state index contributed by atoms with van der Waals surface area (Å²) in [4.78, 5) is 16.8. The van der Waals surface area contributed by atoms with Crippen molar-refractivity contribution in [2.24, 2.45) is 0 Å². The minimum Gasteiger partial charge on any atom is -0.458 e. The molecule has 1 spiro atoms. The third-order valence-electron chi connectivity index (χ3n) is 4.94. The van der Waals surface area contributed by atoms with E-state index in [1.54, 1.807) is 11.3 Å². The Labute approximate surface area is 162 Å². The third kappa shape index (κ3) is 4.62. The van der Waals surface area contributed by atoms with Crippen LogP contribution in [-0.4, -0.2) is 35.2 Å². The Morgan fingerprint density at radius 2 is 2.08 bits per heavy atom. The molecule has 1 aromatic rings. The van der Waals surface area contributed by atoms with Gasteiger partial charge in [-0.1, -0.05) is 19.3 Å². The smallest absolute Gasteiger partial charge is 0.332 e. The van der Waals surface area contributed by atoms with Crippen LogP contribution in [0.15, 0.2) is 9.98 Å². The van der Waals surface area contributed by atoms with Crippen LogP contribution < -0.4 is 5.32 Å². The monoisotopic (exact) mass is 430 g/mol. The van der Waals surface area contributed by atoms with Crippen molar-refractivity contribution in [1.82, 2.24) is 10.3 Å². The van der Waals surface area contributed by atoms with Crippen LogP contribution in [0.25, 0.3) is 0 Å². The molecule has 1 saturated carbocycles. The summed E-state index contributed by atoms with van der Waals surface area (Å²) in [6.07, 6.45) is 6.99. The molecule has 1 aliphatic heterocycles. The normalized spacial score (nSPS) is 26.1. The van der Waals surface area contributed by atoms with Crippen molar-refractivity contribution in [3.8, 4) is 0 Å². The van der Waals surface area contributed by atoms with Crippen molar-refractivity contribution >= 4 is 33.2 Å². The minimum atomic E-state index is -0.551. The number of thiazole rings is 1. The number of carbonyl (C=O) groups excluding carboxylic acids is 1. The van der Waals surface area contributed by atoms with E-state index in [-0.39, 0.29) is 18.1 Å². The fourth-order valence-electron chi connectivity index (χ4n) is 3.93. The van der Waals surface area contributed by atoms with Gasteiger partial charge in [0.25, 0.3) is 0 Å². The maximum absolute atomic E-state index is 12.2. The lowest BCUT2D eigenvalue weighted by Gasteiger charge is -2.35. The van der Waals surface area contributed by atoms with E-state index < -0.39 is 11.2 Å². The first-order valence-corrected chi connectivity index (χ1v) is 10.6. The number of ether oxygens (including phenoxy) is 2. The summed E-state index contributed by atoms with van der Waals surface area (Å²) in [6, 6.07) is 0. The van der Waals surface area contributed by atoms with Gasteiger partial charge in [0, 0.05) is 23.9 Å². The number of carbonyl (C=O) groups is 1. The number of nitrogens with one attached hydrogen (secondary N) is 1. The summed E-state index contributed by atoms with van der Waals surface area (Å²) in [5, 5.41) is 6.62. The molecule has 1 N–H and O–H groups in total. The Bertz CT molecular complexity index is 622. The van der Waals surface area contributed by atoms with Gasteiger partial charge in [-0.2, -0.15) is 0 Å². The predicted molar refractivity (Wildman–Crippen MR) is 102 cm³/mol. The molecule has 0 bridgehead atoms. The van der Waals surface area contributed by atoms with Crippen molar-refractivity contribution in [3.63, 3.8) is 0 Å². The van der Waals surface area contributed by atoms with Crippen LogP contribution in [0.3, 0.4) is 0 Å². The average Bonchev–Trinajstić information content (AvgIpc) is 3.10. The highest BCUT2D eigenvalue weighted by Gasteiger charge is 2.51. The molecule has 2 fully saturated rings. The summed E-state index contributed by atoms with van der Waals surface area (Å²) in [5.74, 6) is -0.327. The Morgan fingerprint density at radius 3 is 2.68 bits per heavy atom. The highest BCUT2D eigenvalue weighted by atomic mass is 79.9. The van der Waals surface area contributed by atoms with E-state index in [0.717, 1.165) is 28.9 Å². The van der Waals surface area contributed by atoms with Crippen LogP contribution in [0.1, 0.15) is 64.3 Å². The van der Waals surface area contributed by atoms with Crippen LogP contribution >= 0.6 is 27.3 Å². The van der Waals surface area contributed by atoms with Crippen molar-refractivity contribution in [3.05, 3.63) is 15.0 Å². The van der Waals surface area contributed by atoms with Crippen molar-refractivity contribution < 1.29 is 14.3 Å². The van der Waals surface area contributed by atoms with Gasteiger partial charge >= 0.3 is 5.97 Å². The van der Waals surface area contributed by atoms with Crippen LogP contribution in [0.4, 0.5) is 0 Å². The molecular weight excluding hydrogens is 404 g/mol. The first-order chi connectivity index (χ1) is 11.7. The first-order valence-electron chi connectivity index (χ1n) is 8.94. The molecular formula is C18H27BrN2O3S. The number of aromatic nitrogens is 1. The Kier molecular flexibility index (Phi) is 5.59.